The zero-order chi connectivity index (χ0) is 16.7. The molecule has 0 bridgehead atoms. The second kappa shape index (κ2) is 6.00. The van der Waals surface area contributed by atoms with Gasteiger partial charge >= 0.3 is 0 Å². The molecule has 7 heteroatoms. The number of nitrogens with zero attached hydrogens (tertiary/aromatic N) is 3. The van der Waals surface area contributed by atoms with Crippen molar-refractivity contribution in [3.8, 4) is 0 Å². The molecule has 4 rings (SSSR count). The lowest BCUT2D eigenvalue weighted by atomic mass is 9.93. The largest absolute Gasteiger partial charge is 0.366 e. The summed E-state index contributed by atoms with van der Waals surface area (Å²) in [7, 11) is 0. The molecular weight excluding hydrogens is 345 g/mol. The zero-order valence-corrected chi connectivity index (χ0v) is 14.2. The van der Waals surface area contributed by atoms with Crippen molar-refractivity contribution in [3.05, 3.63) is 69.7 Å². The number of anilines is 2. The lowest BCUT2D eigenvalue weighted by molar-refractivity contribution is 0.431. The van der Waals surface area contributed by atoms with Gasteiger partial charge in [-0.25, -0.2) is 4.68 Å². The molecule has 2 heterocycles. The van der Waals surface area contributed by atoms with Crippen LogP contribution in [0, 0.1) is 0 Å². The molecule has 122 valence electrons. The number of benzene rings is 2. The maximum absolute atomic E-state index is 6.43. The highest BCUT2D eigenvalue weighted by Crippen LogP contribution is 2.40. The Balaban J connectivity index is 1.79. The van der Waals surface area contributed by atoms with Crippen molar-refractivity contribution >= 4 is 35.1 Å². The van der Waals surface area contributed by atoms with Crippen LogP contribution in [-0.4, -0.2) is 14.8 Å². The summed E-state index contributed by atoms with van der Waals surface area (Å²) in [5, 5.41) is 8.95. The van der Waals surface area contributed by atoms with Gasteiger partial charge in [0.1, 0.15) is 0 Å². The van der Waals surface area contributed by atoms with Gasteiger partial charge < -0.3 is 11.1 Å². The average Bonchev–Trinajstić information content (AvgIpc) is 2.95. The molecule has 24 heavy (non-hydrogen) atoms. The lowest BCUT2D eigenvalue weighted by Gasteiger charge is -2.32. The predicted octanol–water partition coefficient (Wildman–Crippen LogP) is 4.31. The molecule has 3 N–H and O–H groups in total. The second-order valence-corrected chi connectivity index (χ2v) is 6.61. The highest BCUT2D eigenvalue weighted by molar-refractivity contribution is 6.35. The van der Waals surface area contributed by atoms with E-state index in [9.17, 15) is 0 Å². The third kappa shape index (κ3) is 2.70. The van der Waals surface area contributed by atoms with Gasteiger partial charge in [-0.2, -0.15) is 4.98 Å². The summed E-state index contributed by atoms with van der Waals surface area (Å²) < 4.78 is 1.80. The molecule has 0 amide bonds. The molecule has 0 saturated heterocycles. The molecule has 0 unspecified atom stereocenters. The fourth-order valence-electron chi connectivity index (χ4n) is 3.13. The minimum atomic E-state index is -0.0685. The lowest BCUT2D eigenvalue weighted by Crippen LogP contribution is -2.28. The number of aromatic nitrogens is 3. The number of hydrogen-bond acceptors (Lipinski definition) is 4. The van der Waals surface area contributed by atoms with Crippen molar-refractivity contribution in [3.63, 3.8) is 0 Å². The first-order valence-corrected chi connectivity index (χ1v) is 8.36. The van der Waals surface area contributed by atoms with Gasteiger partial charge in [-0.05, 0) is 29.7 Å². The van der Waals surface area contributed by atoms with Gasteiger partial charge in [0.15, 0.2) is 0 Å². The fourth-order valence-corrected chi connectivity index (χ4v) is 3.66. The van der Waals surface area contributed by atoms with Crippen molar-refractivity contribution in [2.75, 3.05) is 11.1 Å². The van der Waals surface area contributed by atoms with Crippen LogP contribution in [0.4, 0.5) is 11.9 Å². The zero-order valence-electron chi connectivity index (χ0n) is 12.7. The summed E-state index contributed by atoms with van der Waals surface area (Å²) in [6.45, 7) is 0. The number of halogens is 2. The number of rotatable bonds is 2. The fraction of sp³-hybridized carbons (Fsp3) is 0.176. The van der Waals surface area contributed by atoms with Gasteiger partial charge in [0, 0.05) is 10.0 Å². The molecule has 1 aromatic heterocycles. The summed E-state index contributed by atoms with van der Waals surface area (Å²) in [6, 6.07) is 15.8. The van der Waals surface area contributed by atoms with E-state index in [1.807, 2.05) is 30.3 Å². The Labute approximate surface area is 149 Å². The number of nitrogens with two attached hydrogens (primary N) is 1. The van der Waals surface area contributed by atoms with Crippen LogP contribution in [0.15, 0.2) is 48.5 Å². The minimum Gasteiger partial charge on any atom is -0.366 e. The smallest absolute Gasteiger partial charge is 0.241 e. The molecule has 0 fully saturated rings. The molecule has 5 nitrogen and oxygen atoms in total. The van der Waals surface area contributed by atoms with Gasteiger partial charge in [-0.1, -0.05) is 59.6 Å². The van der Waals surface area contributed by atoms with Gasteiger partial charge in [-0.3, -0.25) is 0 Å². The number of fused-ring (bicyclic) bond motifs is 1. The standard InChI is InChI=1S/C17H15Cl2N5/c18-11-6-7-12(13(19)8-11)15-9-14(10-4-2-1-3-5-10)21-17-22-16(20)23-24(15)17/h1-8,14-15H,9H2,(H3,20,21,22,23)/t14-,15+/m0/s1. The van der Waals surface area contributed by atoms with E-state index in [1.54, 1.807) is 10.7 Å². The van der Waals surface area contributed by atoms with E-state index in [1.165, 1.54) is 5.56 Å². The van der Waals surface area contributed by atoms with E-state index >= 15 is 0 Å². The van der Waals surface area contributed by atoms with E-state index in [-0.39, 0.29) is 18.0 Å². The summed E-state index contributed by atoms with van der Waals surface area (Å²) in [4.78, 5) is 4.30. The highest BCUT2D eigenvalue weighted by atomic mass is 35.5. The van der Waals surface area contributed by atoms with Crippen LogP contribution in [-0.2, 0) is 0 Å². The maximum Gasteiger partial charge on any atom is 0.241 e. The molecule has 0 aliphatic carbocycles. The third-order valence-corrected chi connectivity index (χ3v) is 4.79. The van der Waals surface area contributed by atoms with Crippen LogP contribution in [0.3, 0.4) is 0 Å². The van der Waals surface area contributed by atoms with E-state index in [0.717, 1.165) is 12.0 Å². The van der Waals surface area contributed by atoms with E-state index < -0.39 is 0 Å². The Hall–Kier alpha value is -2.24. The Kier molecular flexibility index (Phi) is 3.82. The molecule has 3 aromatic rings. The molecule has 2 atom stereocenters. The van der Waals surface area contributed by atoms with Gasteiger partial charge in [0.2, 0.25) is 11.9 Å². The van der Waals surface area contributed by atoms with E-state index in [0.29, 0.717) is 16.0 Å². The summed E-state index contributed by atoms with van der Waals surface area (Å²) in [6.07, 6.45) is 0.779. The van der Waals surface area contributed by atoms with Gasteiger partial charge in [-0.15, -0.1) is 5.10 Å². The topological polar surface area (TPSA) is 68.8 Å². The normalized spacial score (nSPS) is 19.6. The molecule has 2 aromatic carbocycles. The van der Waals surface area contributed by atoms with Crippen molar-refractivity contribution in [1.29, 1.82) is 0 Å². The molecule has 0 saturated carbocycles. The SMILES string of the molecule is Nc1nc2n(n1)[C@@H](c1ccc(Cl)cc1Cl)C[C@@H](c1ccccc1)N2. The van der Waals surface area contributed by atoms with Gasteiger partial charge in [0.25, 0.3) is 0 Å². The Bertz CT molecular complexity index is 878. The van der Waals surface area contributed by atoms with Crippen LogP contribution >= 0.6 is 23.2 Å². The first-order chi connectivity index (χ1) is 11.6. The van der Waals surface area contributed by atoms with Crippen molar-refractivity contribution in [1.82, 2.24) is 14.8 Å². The number of nitrogens with one attached hydrogen (secondary N) is 1. The van der Waals surface area contributed by atoms with Crippen LogP contribution in [0.25, 0.3) is 0 Å². The Morgan fingerprint density at radius 3 is 2.67 bits per heavy atom. The van der Waals surface area contributed by atoms with Crippen molar-refractivity contribution in [2.24, 2.45) is 0 Å². The Morgan fingerprint density at radius 2 is 1.92 bits per heavy atom. The van der Waals surface area contributed by atoms with E-state index in [2.05, 4.69) is 27.5 Å². The first kappa shape index (κ1) is 15.3. The number of hydrogen-bond donors (Lipinski definition) is 2. The molecule has 0 spiro atoms. The molecule has 1 aliphatic heterocycles. The summed E-state index contributed by atoms with van der Waals surface area (Å²) >= 11 is 12.5. The van der Waals surface area contributed by atoms with Crippen molar-refractivity contribution < 1.29 is 0 Å². The summed E-state index contributed by atoms with van der Waals surface area (Å²) in [5.74, 6) is 0.880. The molecule has 0 radical (unpaired) electrons. The molecule has 1 aliphatic rings. The van der Waals surface area contributed by atoms with E-state index in [4.69, 9.17) is 28.9 Å². The number of nitrogen functional groups attached to an aromatic ring is 1. The van der Waals surface area contributed by atoms with Crippen LogP contribution in [0.1, 0.15) is 29.6 Å². The maximum atomic E-state index is 6.43. The van der Waals surface area contributed by atoms with Crippen LogP contribution in [0.5, 0.6) is 0 Å². The summed E-state index contributed by atoms with van der Waals surface area (Å²) in [5.41, 5.74) is 7.94. The minimum absolute atomic E-state index is 0.0685. The Morgan fingerprint density at radius 1 is 1.12 bits per heavy atom. The quantitative estimate of drug-likeness (QED) is 0.714. The third-order valence-electron chi connectivity index (χ3n) is 4.23. The predicted molar refractivity (Wildman–Crippen MR) is 96.5 cm³/mol. The molecular formula is C17H15Cl2N5. The highest BCUT2D eigenvalue weighted by Gasteiger charge is 2.31. The van der Waals surface area contributed by atoms with Crippen LogP contribution in [0.2, 0.25) is 10.0 Å². The first-order valence-electron chi connectivity index (χ1n) is 7.60. The van der Waals surface area contributed by atoms with Crippen molar-refractivity contribution in [2.45, 2.75) is 18.5 Å². The van der Waals surface area contributed by atoms with Crippen LogP contribution < -0.4 is 11.1 Å². The monoisotopic (exact) mass is 359 g/mol. The van der Waals surface area contributed by atoms with Gasteiger partial charge in [0.05, 0.1) is 12.1 Å². The average molecular weight is 360 g/mol. The second-order valence-electron chi connectivity index (χ2n) is 5.76.